The maximum atomic E-state index is 6.11. The first-order valence-corrected chi connectivity index (χ1v) is 7.58. The first-order chi connectivity index (χ1) is 9.69. The number of hydrogen-bond donors (Lipinski definition) is 0. The molecule has 0 bridgehead atoms. The molecule has 4 heteroatoms. The van der Waals surface area contributed by atoms with Crippen molar-refractivity contribution in [1.29, 1.82) is 0 Å². The van der Waals surface area contributed by atoms with Gasteiger partial charge in [0.05, 0.1) is 5.52 Å². The minimum absolute atomic E-state index is 0.529. The number of pyridine rings is 1. The van der Waals surface area contributed by atoms with E-state index in [1.165, 1.54) is 12.0 Å². The van der Waals surface area contributed by atoms with Crippen LogP contribution >= 0.6 is 11.6 Å². The summed E-state index contributed by atoms with van der Waals surface area (Å²) in [6.07, 6.45) is 1.19. The Morgan fingerprint density at radius 2 is 2.15 bits per heavy atom. The van der Waals surface area contributed by atoms with Crippen LogP contribution in [0.2, 0.25) is 0 Å². The molecule has 20 heavy (non-hydrogen) atoms. The van der Waals surface area contributed by atoms with Gasteiger partial charge in [-0.1, -0.05) is 18.2 Å². The van der Waals surface area contributed by atoms with E-state index < -0.39 is 0 Å². The highest BCUT2D eigenvalue weighted by Gasteiger charge is 2.25. The van der Waals surface area contributed by atoms with Crippen LogP contribution in [0.3, 0.4) is 0 Å². The molecule has 2 aromatic rings. The summed E-state index contributed by atoms with van der Waals surface area (Å²) in [5, 5.41) is 1.16. The molecule has 106 valence electrons. The van der Waals surface area contributed by atoms with E-state index in [0.717, 1.165) is 29.8 Å². The average Bonchev–Trinajstić information content (AvgIpc) is 2.96. The zero-order valence-corrected chi connectivity index (χ0v) is 12.8. The Bertz CT molecular complexity index is 612. The molecular weight excluding hydrogens is 270 g/mol. The van der Waals surface area contributed by atoms with Gasteiger partial charge in [0.2, 0.25) is 0 Å². The van der Waals surface area contributed by atoms with Crippen molar-refractivity contribution < 1.29 is 0 Å². The Morgan fingerprint density at radius 1 is 1.35 bits per heavy atom. The fourth-order valence-corrected chi connectivity index (χ4v) is 3.10. The number of para-hydroxylation sites is 1. The van der Waals surface area contributed by atoms with Crippen LogP contribution in [0.4, 0.5) is 5.82 Å². The minimum atomic E-state index is 0.529. The summed E-state index contributed by atoms with van der Waals surface area (Å²) >= 11 is 6.11. The number of hydrogen-bond acceptors (Lipinski definition) is 3. The van der Waals surface area contributed by atoms with E-state index in [-0.39, 0.29) is 0 Å². The van der Waals surface area contributed by atoms with Crippen LogP contribution in [0.5, 0.6) is 0 Å². The Kier molecular flexibility index (Phi) is 3.81. The van der Waals surface area contributed by atoms with E-state index >= 15 is 0 Å². The fourth-order valence-electron chi connectivity index (χ4n) is 2.88. The third-order valence-corrected chi connectivity index (χ3v) is 4.44. The first-order valence-electron chi connectivity index (χ1n) is 7.05. The number of halogens is 1. The average molecular weight is 290 g/mol. The van der Waals surface area contributed by atoms with Crippen molar-refractivity contribution in [2.75, 3.05) is 32.1 Å². The van der Waals surface area contributed by atoms with Gasteiger partial charge < -0.3 is 9.80 Å². The van der Waals surface area contributed by atoms with E-state index in [1.54, 1.807) is 0 Å². The maximum absolute atomic E-state index is 6.11. The lowest BCUT2D eigenvalue weighted by atomic mass is 10.1. The standard InChI is InChI=1S/C16H20ClN3/c1-19(2)13-7-8-20(11-13)16-9-12(10-17)14-5-3-4-6-15(14)18-16/h3-6,9,13H,7-8,10-11H2,1-2H3. The van der Waals surface area contributed by atoms with E-state index in [0.29, 0.717) is 11.9 Å². The monoisotopic (exact) mass is 289 g/mol. The van der Waals surface area contributed by atoms with E-state index in [1.807, 2.05) is 12.1 Å². The van der Waals surface area contributed by atoms with Crippen molar-refractivity contribution in [3.8, 4) is 0 Å². The van der Waals surface area contributed by atoms with Crippen LogP contribution in [0.25, 0.3) is 10.9 Å². The largest absolute Gasteiger partial charge is 0.355 e. The van der Waals surface area contributed by atoms with Crippen molar-refractivity contribution in [2.24, 2.45) is 0 Å². The minimum Gasteiger partial charge on any atom is -0.355 e. The van der Waals surface area contributed by atoms with Gasteiger partial charge in [-0.2, -0.15) is 0 Å². The van der Waals surface area contributed by atoms with Gasteiger partial charge in [0.1, 0.15) is 5.82 Å². The van der Waals surface area contributed by atoms with Crippen molar-refractivity contribution in [3.05, 3.63) is 35.9 Å². The van der Waals surface area contributed by atoms with Crippen LogP contribution in [-0.2, 0) is 5.88 Å². The quantitative estimate of drug-likeness (QED) is 0.810. The second kappa shape index (κ2) is 5.58. The first kappa shape index (κ1) is 13.7. The fraction of sp³-hybridized carbons (Fsp3) is 0.438. The third-order valence-electron chi connectivity index (χ3n) is 4.15. The molecule has 1 aromatic carbocycles. The van der Waals surface area contributed by atoms with Crippen LogP contribution in [-0.4, -0.2) is 43.1 Å². The topological polar surface area (TPSA) is 19.4 Å². The van der Waals surface area contributed by atoms with Gasteiger partial charge in [0, 0.05) is 30.4 Å². The highest BCUT2D eigenvalue weighted by Crippen LogP contribution is 2.27. The highest BCUT2D eigenvalue weighted by atomic mass is 35.5. The van der Waals surface area contributed by atoms with Gasteiger partial charge in [0.15, 0.2) is 0 Å². The van der Waals surface area contributed by atoms with Gasteiger partial charge in [0.25, 0.3) is 0 Å². The maximum Gasteiger partial charge on any atom is 0.129 e. The SMILES string of the molecule is CN(C)C1CCN(c2cc(CCl)c3ccccc3n2)C1. The number of benzene rings is 1. The summed E-state index contributed by atoms with van der Waals surface area (Å²) < 4.78 is 0. The number of nitrogens with zero attached hydrogens (tertiary/aromatic N) is 3. The molecule has 0 radical (unpaired) electrons. The van der Waals surface area contributed by atoms with Crippen LogP contribution in [0.1, 0.15) is 12.0 Å². The molecule has 1 aromatic heterocycles. The van der Waals surface area contributed by atoms with Crippen LogP contribution < -0.4 is 4.90 Å². The van der Waals surface area contributed by atoms with E-state index in [2.05, 4.69) is 42.1 Å². The van der Waals surface area contributed by atoms with Gasteiger partial charge >= 0.3 is 0 Å². The molecule has 3 nitrogen and oxygen atoms in total. The molecule has 1 aliphatic rings. The molecule has 1 atom stereocenters. The predicted molar refractivity (Wildman–Crippen MR) is 85.6 cm³/mol. The van der Waals surface area contributed by atoms with Crippen molar-refractivity contribution in [1.82, 2.24) is 9.88 Å². The molecular formula is C16H20ClN3. The molecule has 3 rings (SSSR count). The van der Waals surface area contributed by atoms with E-state index in [9.17, 15) is 0 Å². The smallest absolute Gasteiger partial charge is 0.129 e. The van der Waals surface area contributed by atoms with E-state index in [4.69, 9.17) is 16.6 Å². The second-order valence-electron chi connectivity index (χ2n) is 5.64. The Balaban J connectivity index is 1.96. The van der Waals surface area contributed by atoms with Gasteiger partial charge in [-0.05, 0) is 38.2 Å². The summed E-state index contributed by atoms with van der Waals surface area (Å²) in [6, 6.07) is 11.0. The molecule has 0 aliphatic carbocycles. The van der Waals surface area contributed by atoms with Crippen molar-refractivity contribution >= 4 is 28.3 Å². The van der Waals surface area contributed by atoms with Gasteiger partial charge in [-0.3, -0.25) is 0 Å². The van der Waals surface area contributed by atoms with Crippen molar-refractivity contribution in [2.45, 2.75) is 18.3 Å². The molecule has 2 heterocycles. The zero-order chi connectivity index (χ0) is 14.1. The Morgan fingerprint density at radius 3 is 2.85 bits per heavy atom. The zero-order valence-electron chi connectivity index (χ0n) is 12.0. The lowest BCUT2D eigenvalue weighted by Gasteiger charge is -2.22. The molecule has 0 N–H and O–H groups in total. The van der Waals surface area contributed by atoms with Gasteiger partial charge in [-0.25, -0.2) is 4.98 Å². The molecule has 1 unspecified atom stereocenters. The normalized spacial score (nSPS) is 19.2. The van der Waals surface area contributed by atoms with Gasteiger partial charge in [-0.15, -0.1) is 11.6 Å². The lowest BCUT2D eigenvalue weighted by molar-refractivity contribution is 0.315. The summed E-state index contributed by atoms with van der Waals surface area (Å²) in [7, 11) is 4.29. The Hall–Kier alpha value is -1.32. The number of rotatable bonds is 3. The number of alkyl halides is 1. The summed E-state index contributed by atoms with van der Waals surface area (Å²) in [5.41, 5.74) is 2.20. The predicted octanol–water partition coefficient (Wildman–Crippen LogP) is 3.11. The number of anilines is 1. The number of likely N-dealkylation sites (N-methyl/N-ethyl adjacent to an activating group) is 1. The summed E-state index contributed by atoms with van der Waals surface area (Å²) in [6.45, 7) is 2.11. The lowest BCUT2D eigenvalue weighted by Crippen LogP contribution is -2.31. The summed E-state index contributed by atoms with van der Waals surface area (Å²) in [5.74, 6) is 1.59. The van der Waals surface area contributed by atoms with Crippen LogP contribution in [0, 0.1) is 0 Å². The molecule has 1 aliphatic heterocycles. The Labute approximate surface area is 125 Å². The molecule has 1 fully saturated rings. The molecule has 0 saturated carbocycles. The molecule has 0 amide bonds. The summed E-state index contributed by atoms with van der Waals surface area (Å²) in [4.78, 5) is 9.47. The highest BCUT2D eigenvalue weighted by molar-refractivity contribution is 6.18. The molecule has 1 saturated heterocycles. The van der Waals surface area contributed by atoms with Crippen molar-refractivity contribution in [3.63, 3.8) is 0 Å². The third kappa shape index (κ3) is 2.48. The van der Waals surface area contributed by atoms with Crippen LogP contribution in [0.15, 0.2) is 30.3 Å². The number of aromatic nitrogens is 1. The molecule has 0 spiro atoms. The number of fused-ring (bicyclic) bond motifs is 1. The second-order valence-corrected chi connectivity index (χ2v) is 5.91.